The van der Waals surface area contributed by atoms with Gasteiger partial charge in [-0.3, -0.25) is 4.79 Å². The van der Waals surface area contributed by atoms with Gasteiger partial charge in [-0.05, 0) is 44.4 Å². The van der Waals surface area contributed by atoms with Crippen LogP contribution >= 0.6 is 0 Å². The summed E-state index contributed by atoms with van der Waals surface area (Å²) in [6, 6.07) is 6.17. The summed E-state index contributed by atoms with van der Waals surface area (Å²) in [7, 11) is 0. The molecule has 2 rings (SSSR count). The molecule has 5 heteroatoms. The molecule has 1 aliphatic rings. The number of hydrogen-bond donors (Lipinski definition) is 2. The van der Waals surface area contributed by atoms with Crippen molar-refractivity contribution < 1.29 is 13.9 Å². The molecule has 0 bridgehead atoms. The van der Waals surface area contributed by atoms with E-state index in [1.165, 1.54) is 12.1 Å². The number of nitrogens with one attached hydrogen (secondary N) is 1. The molecule has 21 heavy (non-hydrogen) atoms. The molecule has 0 unspecified atom stereocenters. The molecule has 0 aliphatic carbocycles. The Kier molecular flexibility index (Phi) is 4.64. The monoisotopic (exact) mass is 294 g/mol. The molecular weight excluding hydrogens is 271 g/mol. The molecule has 3 N–H and O–H groups in total. The first-order valence-electron chi connectivity index (χ1n) is 7.24. The topological polar surface area (TPSA) is 64.3 Å². The van der Waals surface area contributed by atoms with Crippen molar-refractivity contribution in [3.05, 3.63) is 35.6 Å². The zero-order valence-electron chi connectivity index (χ0n) is 12.6. The molecule has 0 aromatic heterocycles. The van der Waals surface area contributed by atoms with Gasteiger partial charge in [0.25, 0.3) is 0 Å². The molecule has 0 atom stereocenters. The molecule has 1 saturated heterocycles. The number of rotatable bonds is 4. The van der Waals surface area contributed by atoms with Crippen molar-refractivity contribution in [3.8, 4) is 0 Å². The van der Waals surface area contributed by atoms with E-state index < -0.39 is 11.0 Å². The van der Waals surface area contributed by atoms with Gasteiger partial charge in [0.2, 0.25) is 5.91 Å². The van der Waals surface area contributed by atoms with Crippen LogP contribution in [0, 0.1) is 5.82 Å². The summed E-state index contributed by atoms with van der Waals surface area (Å²) in [5.74, 6) is -0.361. The van der Waals surface area contributed by atoms with Crippen molar-refractivity contribution in [2.75, 3.05) is 19.8 Å². The highest BCUT2D eigenvalue weighted by molar-refractivity contribution is 5.88. The van der Waals surface area contributed by atoms with Gasteiger partial charge in [-0.25, -0.2) is 4.39 Å². The predicted molar refractivity (Wildman–Crippen MR) is 79.4 cm³/mol. The lowest BCUT2D eigenvalue weighted by molar-refractivity contribution is -0.130. The quantitative estimate of drug-likeness (QED) is 0.889. The Hall–Kier alpha value is -1.46. The van der Waals surface area contributed by atoms with Crippen LogP contribution in [0.5, 0.6) is 0 Å². The van der Waals surface area contributed by atoms with Crippen LogP contribution in [0.3, 0.4) is 0 Å². The van der Waals surface area contributed by atoms with Crippen LogP contribution in [-0.4, -0.2) is 31.2 Å². The van der Waals surface area contributed by atoms with Gasteiger partial charge >= 0.3 is 0 Å². The number of hydrogen-bond acceptors (Lipinski definition) is 3. The van der Waals surface area contributed by atoms with Crippen molar-refractivity contribution in [2.45, 2.75) is 37.6 Å². The van der Waals surface area contributed by atoms with E-state index in [4.69, 9.17) is 10.5 Å². The second kappa shape index (κ2) is 6.12. The van der Waals surface area contributed by atoms with Gasteiger partial charge in [0.05, 0.1) is 5.41 Å². The minimum absolute atomic E-state index is 0.0593. The lowest BCUT2D eigenvalue weighted by Crippen LogP contribution is -2.53. The molecule has 1 fully saturated rings. The van der Waals surface area contributed by atoms with Gasteiger partial charge in [-0.15, -0.1) is 0 Å². The normalized spacial score (nSPS) is 18.3. The number of halogens is 1. The fraction of sp³-hybridized carbons (Fsp3) is 0.562. The highest BCUT2D eigenvalue weighted by Gasteiger charge is 2.41. The Morgan fingerprint density at radius 2 is 1.90 bits per heavy atom. The van der Waals surface area contributed by atoms with E-state index in [0.717, 1.165) is 5.56 Å². The van der Waals surface area contributed by atoms with Crippen molar-refractivity contribution in [1.82, 2.24) is 5.32 Å². The van der Waals surface area contributed by atoms with Crippen LogP contribution in [0.1, 0.15) is 32.3 Å². The Labute approximate surface area is 124 Å². The fourth-order valence-electron chi connectivity index (χ4n) is 2.61. The molecule has 0 radical (unpaired) electrons. The third kappa shape index (κ3) is 3.80. The molecule has 0 saturated carbocycles. The average Bonchev–Trinajstić information content (AvgIpc) is 2.45. The zero-order chi connectivity index (χ0) is 15.5. The van der Waals surface area contributed by atoms with E-state index in [2.05, 4.69) is 5.32 Å². The zero-order valence-corrected chi connectivity index (χ0v) is 12.6. The smallest absolute Gasteiger partial charge is 0.230 e. The van der Waals surface area contributed by atoms with Crippen LogP contribution < -0.4 is 11.1 Å². The number of nitrogens with two attached hydrogens (primary N) is 1. The van der Waals surface area contributed by atoms with Crippen LogP contribution in [0.2, 0.25) is 0 Å². The molecule has 4 nitrogen and oxygen atoms in total. The summed E-state index contributed by atoms with van der Waals surface area (Å²) >= 11 is 0. The first-order valence-corrected chi connectivity index (χ1v) is 7.24. The van der Waals surface area contributed by atoms with Crippen LogP contribution in [0.15, 0.2) is 24.3 Å². The van der Waals surface area contributed by atoms with Crippen molar-refractivity contribution in [1.29, 1.82) is 0 Å². The summed E-state index contributed by atoms with van der Waals surface area (Å²) in [4.78, 5) is 12.7. The van der Waals surface area contributed by atoms with Gasteiger partial charge in [-0.1, -0.05) is 12.1 Å². The minimum Gasteiger partial charge on any atom is -0.381 e. The maximum absolute atomic E-state index is 13.1. The molecule has 0 spiro atoms. The number of amides is 1. The summed E-state index contributed by atoms with van der Waals surface area (Å²) < 4.78 is 18.5. The van der Waals surface area contributed by atoms with Crippen molar-refractivity contribution in [3.63, 3.8) is 0 Å². The molecule has 1 aromatic rings. The SMILES string of the molecule is CC(C)(N)CNC(=O)C1(c2ccc(F)cc2)CCOCC1. The third-order valence-electron chi connectivity index (χ3n) is 3.88. The Morgan fingerprint density at radius 3 is 2.43 bits per heavy atom. The van der Waals surface area contributed by atoms with E-state index in [9.17, 15) is 9.18 Å². The molecular formula is C16H23FN2O2. The molecule has 1 amide bonds. The summed E-state index contributed by atoms with van der Waals surface area (Å²) in [6.45, 7) is 5.17. The maximum atomic E-state index is 13.1. The largest absolute Gasteiger partial charge is 0.381 e. The second-order valence-corrected chi connectivity index (χ2v) is 6.37. The predicted octanol–water partition coefficient (Wildman–Crippen LogP) is 1.73. The van der Waals surface area contributed by atoms with Gasteiger partial charge in [-0.2, -0.15) is 0 Å². The van der Waals surface area contributed by atoms with Gasteiger partial charge in [0, 0.05) is 25.3 Å². The summed E-state index contributed by atoms with van der Waals surface area (Å²) in [6.07, 6.45) is 1.19. The van der Waals surface area contributed by atoms with Crippen LogP contribution in [-0.2, 0) is 14.9 Å². The summed E-state index contributed by atoms with van der Waals surface area (Å²) in [5.41, 5.74) is 5.64. The van der Waals surface area contributed by atoms with E-state index in [0.29, 0.717) is 32.6 Å². The molecule has 1 aromatic carbocycles. The number of carbonyl (C=O) groups excluding carboxylic acids is 1. The molecule has 1 aliphatic heterocycles. The van der Waals surface area contributed by atoms with Gasteiger partial charge < -0.3 is 15.8 Å². The van der Waals surface area contributed by atoms with E-state index in [-0.39, 0.29) is 11.7 Å². The lowest BCUT2D eigenvalue weighted by Gasteiger charge is -2.37. The highest BCUT2D eigenvalue weighted by Crippen LogP contribution is 2.35. The van der Waals surface area contributed by atoms with E-state index in [1.54, 1.807) is 12.1 Å². The molecule has 116 valence electrons. The average molecular weight is 294 g/mol. The highest BCUT2D eigenvalue weighted by atomic mass is 19.1. The number of benzene rings is 1. The van der Waals surface area contributed by atoms with Crippen LogP contribution in [0.25, 0.3) is 0 Å². The standard InChI is InChI=1S/C16H23FN2O2/c1-15(2,18)11-19-14(20)16(7-9-21-10-8-16)12-3-5-13(17)6-4-12/h3-6H,7-11,18H2,1-2H3,(H,19,20). The molecule has 1 heterocycles. The van der Waals surface area contributed by atoms with Crippen molar-refractivity contribution in [2.24, 2.45) is 5.73 Å². The number of ether oxygens (including phenoxy) is 1. The lowest BCUT2D eigenvalue weighted by atomic mass is 9.73. The summed E-state index contributed by atoms with van der Waals surface area (Å²) in [5, 5.41) is 2.93. The first-order chi connectivity index (χ1) is 9.83. The van der Waals surface area contributed by atoms with Gasteiger partial charge in [0.15, 0.2) is 0 Å². The van der Waals surface area contributed by atoms with E-state index >= 15 is 0 Å². The third-order valence-corrected chi connectivity index (χ3v) is 3.88. The van der Waals surface area contributed by atoms with Crippen molar-refractivity contribution >= 4 is 5.91 Å². The number of carbonyl (C=O) groups is 1. The minimum atomic E-state index is -0.656. The fourth-order valence-corrected chi connectivity index (χ4v) is 2.61. The Morgan fingerprint density at radius 1 is 1.33 bits per heavy atom. The Balaban J connectivity index is 2.24. The maximum Gasteiger partial charge on any atom is 0.230 e. The van der Waals surface area contributed by atoms with E-state index in [1.807, 2.05) is 13.8 Å². The Bertz CT molecular complexity index is 488. The first kappa shape index (κ1) is 15.9. The van der Waals surface area contributed by atoms with Crippen LogP contribution in [0.4, 0.5) is 4.39 Å². The van der Waals surface area contributed by atoms with Gasteiger partial charge in [0.1, 0.15) is 5.82 Å². The second-order valence-electron chi connectivity index (χ2n) is 6.37.